The molecule has 0 bridgehead atoms. The van der Waals surface area contributed by atoms with E-state index < -0.39 is 10.0 Å². The number of morpholine rings is 1. The summed E-state index contributed by atoms with van der Waals surface area (Å²) in [6, 6.07) is 11.8. The molecule has 1 unspecified atom stereocenters. The lowest BCUT2D eigenvalue weighted by Crippen LogP contribution is -2.40. The van der Waals surface area contributed by atoms with Crippen LogP contribution in [0, 0.1) is 0 Å². The molecule has 1 amide bonds. The smallest absolute Gasteiger partial charge is 0.246 e. The first-order chi connectivity index (χ1) is 14.3. The summed E-state index contributed by atoms with van der Waals surface area (Å²) in [5, 5.41) is 3.52. The summed E-state index contributed by atoms with van der Waals surface area (Å²) in [7, 11) is -2.33. The lowest BCUT2D eigenvalue weighted by atomic mass is 10.1. The molecule has 1 aliphatic rings. The summed E-state index contributed by atoms with van der Waals surface area (Å²) < 4.78 is 38.0. The average molecular weight is 453 g/mol. The fourth-order valence-corrected chi connectivity index (χ4v) is 5.11. The predicted octanol–water partition coefficient (Wildman–Crippen LogP) is 2.79. The monoisotopic (exact) mass is 452 g/mol. The molecule has 1 fully saturated rings. The summed E-state index contributed by atoms with van der Waals surface area (Å²) in [5.41, 5.74) is 1.47. The number of hydrogen-bond acceptors (Lipinski definition) is 5. The van der Waals surface area contributed by atoms with Crippen LogP contribution in [0.3, 0.4) is 0 Å². The molecule has 0 saturated carbocycles. The molecule has 2 aromatic carbocycles. The molecule has 30 heavy (non-hydrogen) atoms. The number of nitrogens with one attached hydrogen (secondary N) is 1. The first-order valence-corrected chi connectivity index (χ1v) is 11.4. The molecule has 2 aromatic rings. The number of halogens is 1. The number of sulfonamides is 1. The molecule has 162 valence electrons. The lowest BCUT2D eigenvalue weighted by molar-refractivity contribution is -0.121. The van der Waals surface area contributed by atoms with Crippen LogP contribution in [-0.2, 0) is 26.0 Å². The van der Waals surface area contributed by atoms with Crippen LogP contribution in [0.15, 0.2) is 47.4 Å². The SMILES string of the molecule is COc1ccc(CC(=O)NC(C)c2cccc(Cl)c2)cc1S(=O)(=O)N1CCOCC1. The zero-order chi connectivity index (χ0) is 21.7. The van der Waals surface area contributed by atoms with Crippen molar-refractivity contribution < 1.29 is 22.7 Å². The van der Waals surface area contributed by atoms with Gasteiger partial charge in [0.2, 0.25) is 15.9 Å². The van der Waals surface area contributed by atoms with Crippen LogP contribution in [-0.4, -0.2) is 52.0 Å². The van der Waals surface area contributed by atoms with E-state index in [4.69, 9.17) is 21.1 Å². The van der Waals surface area contributed by atoms with Gasteiger partial charge in [0.05, 0.1) is 32.8 Å². The first kappa shape index (κ1) is 22.6. The molecule has 1 saturated heterocycles. The number of nitrogens with zero attached hydrogens (tertiary/aromatic N) is 1. The summed E-state index contributed by atoms with van der Waals surface area (Å²) in [5.74, 6) is 0.0281. The maximum Gasteiger partial charge on any atom is 0.246 e. The van der Waals surface area contributed by atoms with E-state index >= 15 is 0 Å². The van der Waals surface area contributed by atoms with E-state index in [0.717, 1.165) is 5.56 Å². The predicted molar refractivity (Wildman–Crippen MR) is 114 cm³/mol. The van der Waals surface area contributed by atoms with Gasteiger partial charge in [0, 0.05) is 18.1 Å². The molecule has 3 rings (SSSR count). The van der Waals surface area contributed by atoms with Crippen LogP contribution in [0.25, 0.3) is 0 Å². The average Bonchev–Trinajstić information content (AvgIpc) is 2.74. The maximum absolute atomic E-state index is 13.1. The molecule has 1 N–H and O–H groups in total. The van der Waals surface area contributed by atoms with Gasteiger partial charge in [0.25, 0.3) is 0 Å². The summed E-state index contributed by atoms with van der Waals surface area (Å²) in [6.45, 7) is 3.14. The molecule has 7 nitrogen and oxygen atoms in total. The van der Waals surface area contributed by atoms with Crippen molar-refractivity contribution in [3.05, 3.63) is 58.6 Å². The first-order valence-electron chi connectivity index (χ1n) is 9.61. The van der Waals surface area contributed by atoms with E-state index in [9.17, 15) is 13.2 Å². The lowest BCUT2D eigenvalue weighted by Gasteiger charge is -2.26. The molecule has 1 aliphatic heterocycles. The van der Waals surface area contributed by atoms with Crippen LogP contribution in [0.5, 0.6) is 5.75 Å². The fourth-order valence-electron chi connectivity index (χ4n) is 3.30. The Bertz CT molecular complexity index is 1010. The van der Waals surface area contributed by atoms with Crippen molar-refractivity contribution in [1.29, 1.82) is 0 Å². The Morgan fingerprint density at radius 1 is 1.23 bits per heavy atom. The number of benzene rings is 2. The maximum atomic E-state index is 13.1. The van der Waals surface area contributed by atoms with Crippen LogP contribution >= 0.6 is 11.6 Å². The molecular formula is C21H25ClN2O5S. The number of carbonyl (C=O) groups is 1. The largest absolute Gasteiger partial charge is 0.495 e. The van der Waals surface area contributed by atoms with Crippen molar-refractivity contribution >= 4 is 27.5 Å². The van der Waals surface area contributed by atoms with Gasteiger partial charge in [0.1, 0.15) is 10.6 Å². The van der Waals surface area contributed by atoms with Crippen LogP contribution in [0.2, 0.25) is 5.02 Å². The third-order valence-corrected chi connectivity index (χ3v) is 7.06. The molecule has 9 heteroatoms. The van der Waals surface area contributed by atoms with Gasteiger partial charge < -0.3 is 14.8 Å². The Hall–Kier alpha value is -2.13. The van der Waals surface area contributed by atoms with Crippen molar-refractivity contribution in [1.82, 2.24) is 9.62 Å². The van der Waals surface area contributed by atoms with E-state index in [-0.39, 0.29) is 42.1 Å². The number of ether oxygens (including phenoxy) is 2. The highest BCUT2D eigenvalue weighted by Crippen LogP contribution is 2.28. The van der Waals surface area contributed by atoms with Crippen molar-refractivity contribution in [3.63, 3.8) is 0 Å². The van der Waals surface area contributed by atoms with E-state index in [2.05, 4.69) is 5.32 Å². The third kappa shape index (κ3) is 5.31. The minimum absolute atomic E-state index is 0.0422. The van der Waals surface area contributed by atoms with Gasteiger partial charge in [-0.05, 0) is 42.3 Å². The summed E-state index contributed by atoms with van der Waals surface area (Å²) in [6.07, 6.45) is 0.0422. The van der Waals surface area contributed by atoms with Gasteiger partial charge in [-0.25, -0.2) is 8.42 Å². The second kappa shape index (κ2) is 9.78. The molecule has 0 aliphatic carbocycles. The fraction of sp³-hybridized carbons (Fsp3) is 0.381. The molecular weight excluding hydrogens is 428 g/mol. The minimum Gasteiger partial charge on any atom is -0.495 e. The topological polar surface area (TPSA) is 84.9 Å². The standard InChI is InChI=1S/C21H25ClN2O5S/c1-15(17-4-3-5-18(22)14-17)23-21(25)13-16-6-7-19(28-2)20(12-16)30(26,27)24-8-10-29-11-9-24/h3-7,12,14-15H,8-11,13H2,1-2H3,(H,23,25). The highest BCUT2D eigenvalue weighted by atomic mass is 35.5. The van der Waals surface area contributed by atoms with Crippen molar-refractivity contribution in [2.75, 3.05) is 33.4 Å². The molecule has 0 spiro atoms. The zero-order valence-corrected chi connectivity index (χ0v) is 18.5. The van der Waals surface area contributed by atoms with Crippen LogP contribution in [0.4, 0.5) is 0 Å². The Balaban J connectivity index is 1.76. The van der Waals surface area contributed by atoms with Gasteiger partial charge in [-0.15, -0.1) is 0 Å². The Morgan fingerprint density at radius 2 is 1.97 bits per heavy atom. The van der Waals surface area contributed by atoms with Crippen LogP contribution < -0.4 is 10.1 Å². The second-order valence-corrected chi connectivity index (χ2v) is 9.37. The zero-order valence-electron chi connectivity index (χ0n) is 16.9. The highest BCUT2D eigenvalue weighted by molar-refractivity contribution is 7.89. The summed E-state index contributed by atoms with van der Waals surface area (Å²) >= 11 is 6.01. The molecule has 0 aromatic heterocycles. The van der Waals surface area contributed by atoms with E-state index in [0.29, 0.717) is 23.8 Å². The molecule has 1 heterocycles. The normalized spacial score (nSPS) is 16.1. The van der Waals surface area contributed by atoms with E-state index in [1.54, 1.807) is 24.3 Å². The van der Waals surface area contributed by atoms with Crippen molar-refractivity contribution in [2.45, 2.75) is 24.3 Å². The third-order valence-electron chi connectivity index (χ3n) is 4.91. The molecule has 1 atom stereocenters. The number of amides is 1. The van der Waals surface area contributed by atoms with Gasteiger partial charge in [-0.2, -0.15) is 4.31 Å². The number of carbonyl (C=O) groups excluding carboxylic acids is 1. The number of rotatable bonds is 7. The summed E-state index contributed by atoms with van der Waals surface area (Å²) in [4.78, 5) is 12.6. The van der Waals surface area contributed by atoms with Crippen molar-refractivity contribution in [2.24, 2.45) is 0 Å². The quantitative estimate of drug-likeness (QED) is 0.698. The van der Waals surface area contributed by atoms with Crippen LogP contribution in [0.1, 0.15) is 24.1 Å². The number of methoxy groups -OCH3 is 1. The van der Waals surface area contributed by atoms with Crippen molar-refractivity contribution in [3.8, 4) is 5.75 Å². The van der Waals surface area contributed by atoms with E-state index in [1.807, 2.05) is 19.1 Å². The highest BCUT2D eigenvalue weighted by Gasteiger charge is 2.29. The Kier molecular flexibility index (Phi) is 7.36. The van der Waals surface area contributed by atoms with E-state index in [1.165, 1.54) is 17.5 Å². The number of hydrogen-bond donors (Lipinski definition) is 1. The van der Waals surface area contributed by atoms with Gasteiger partial charge in [-0.3, -0.25) is 4.79 Å². The second-order valence-electron chi connectivity index (χ2n) is 7.02. The Labute approximate surface area is 182 Å². The minimum atomic E-state index is -3.75. The van der Waals surface area contributed by atoms with Gasteiger partial charge in [-0.1, -0.05) is 29.8 Å². The van der Waals surface area contributed by atoms with Gasteiger partial charge in [0.15, 0.2) is 0 Å². The Morgan fingerprint density at radius 3 is 2.63 bits per heavy atom. The van der Waals surface area contributed by atoms with Gasteiger partial charge >= 0.3 is 0 Å². The molecule has 0 radical (unpaired) electrons.